The minimum atomic E-state index is 0.839. The molecule has 0 aliphatic rings. The lowest BCUT2D eigenvalue weighted by Crippen LogP contribution is -2.05. The first kappa shape index (κ1) is 10.9. The molecule has 1 aromatic heterocycles. The molecule has 16 heavy (non-hydrogen) atoms. The largest absolute Gasteiger partial charge is 0.316 e. The first-order valence-corrected chi connectivity index (χ1v) is 5.51. The average Bonchev–Trinajstić information content (AvgIpc) is 2.61. The second-order valence-electron chi connectivity index (χ2n) is 3.95. The molecule has 0 unspecified atom stereocenters. The monoisotopic (exact) mass is 215 g/mol. The second-order valence-corrected chi connectivity index (χ2v) is 3.95. The number of benzene rings is 1. The van der Waals surface area contributed by atoms with Gasteiger partial charge in [0.25, 0.3) is 0 Å². The molecule has 3 heteroatoms. The van der Waals surface area contributed by atoms with Gasteiger partial charge in [-0.05, 0) is 19.5 Å². The van der Waals surface area contributed by atoms with Crippen LogP contribution in [0.3, 0.4) is 0 Å². The minimum absolute atomic E-state index is 0.839. The van der Waals surface area contributed by atoms with E-state index in [0.29, 0.717) is 0 Å². The molecule has 0 saturated carbocycles. The van der Waals surface area contributed by atoms with Crippen molar-refractivity contribution in [3.05, 3.63) is 53.3 Å². The summed E-state index contributed by atoms with van der Waals surface area (Å²) in [4.78, 5) is 0. The summed E-state index contributed by atoms with van der Waals surface area (Å²) in [5.41, 5.74) is 3.64. The molecule has 0 spiro atoms. The first-order chi connectivity index (χ1) is 7.79. The van der Waals surface area contributed by atoms with Crippen molar-refractivity contribution in [3.63, 3.8) is 0 Å². The zero-order valence-corrected chi connectivity index (χ0v) is 9.77. The van der Waals surface area contributed by atoms with Crippen molar-refractivity contribution in [2.45, 2.75) is 20.0 Å². The van der Waals surface area contributed by atoms with E-state index in [0.717, 1.165) is 18.8 Å². The van der Waals surface area contributed by atoms with Crippen molar-refractivity contribution in [1.82, 2.24) is 15.1 Å². The Hall–Kier alpha value is -1.61. The summed E-state index contributed by atoms with van der Waals surface area (Å²) in [6.07, 6.45) is 2.11. The van der Waals surface area contributed by atoms with Gasteiger partial charge in [0.05, 0.1) is 12.2 Å². The van der Waals surface area contributed by atoms with Crippen LogP contribution in [0.15, 0.2) is 36.5 Å². The van der Waals surface area contributed by atoms with Gasteiger partial charge in [-0.15, -0.1) is 0 Å². The normalized spacial score (nSPS) is 10.6. The van der Waals surface area contributed by atoms with Gasteiger partial charge in [0.2, 0.25) is 0 Å². The summed E-state index contributed by atoms with van der Waals surface area (Å²) in [6, 6.07) is 10.4. The molecule has 0 radical (unpaired) electrons. The molecule has 0 saturated heterocycles. The summed E-state index contributed by atoms with van der Waals surface area (Å²) < 4.78 is 2.00. The van der Waals surface area contributed by atoms with E-state index in [4.69, 9.17) is 0 Å². The van der Waals surface area contributed by atoms with Crippen molar-refractivity contribution in [2.75, 3.05) is 7.05 Å². The predicted molar refractivity (Wildman–Crippen MR) is 65.3 cm³/mol. The molecule has 2 rings (SSSR count). The lowest BCUT2D eigenvalue weighted by Gasteiger charge is -2.00. The van der Waals surface area contributed by atoms with E-state index in [1.807, 2.05) is 24.7 Å². The van der Waals surface area contributed by atoms with Crippen LogP contribution < -0.4 is 5.32 Å². The van der Waals surface area contributed by atoms with Gasteiger partial charge in [0, 0.05) is 18.3 Å². The van der Waals surface area contributed by atoms with Crippen LogP contribution in [0.4, 0.5) is 0 Å². The second kappa shape index (κ2) is 4.94. The van der Waals surface area contributed by atoms with Crippen molar-refractivity contribution < 1.29 is 0 Å². The van der Waals surface area contributed by atoms with Crippen LogP contribution in [0, 0.1) is 6.92 Å². The Bertz CT molecular complexity index is 445. The SMILES string of the molecule is CNCc1cn(Cc2ccccc2)nc1C. The smallest absolute Gasteiger partial charge is 0.0659 e. The molecule has 0 aliphatic carbocycles. The van der Waals surface area contributed by atoms with Crippen LogP contribution in [0.1, 0.15) is 16.8 Å². The van der Waals surface area contributed by atoms with Crippen molar-refractivity contribution in [2.24, 2.45) is 0 Å². The molecular weight excluding hydrogens is 198 g/mol. The topological polar surface area (TPSA) is 29.9 Å². The van der Waals surface area contributed by atoms with Gasteiger partial charge in [-0.2, -0.15) is 5.10 Å². The molecule has 84 valence electrons. The van der Waals surface area contributed by atoms with E-state index in [1.165, 1.54) is 11.1 Å². The fourth-order valence-corrected chi connectivity index (χ4v) is 1.77. The highest BCUT2D eigenvalue weighted by atomic mass is 15.3. The molecule has 0 atom stereocenters. The Morgan fingerprint density at radius 3 is 2.69 bits per heavy atom. The van der Waals surface area contributed by atoms with E-state index >= 15 is 0 Å². The van der Waals surface area contributed by atoms with E-state index < -0.39 is 0 Å². The van der Waals surface area contributed by atoms with Crippen LogP contribution >= 0.6 is 0 Å². The maximum atomic E-state index is 4.50. The Labute approximate surface area is 96.1 Å². The molecule has 1 heterocycles. The van der Waals surface area contributed by atoms with E-state index in [1.54, 1.807) is 0 Å². The third-order valence-corrected chi connectivity index (χ3v) is 2.60. The molecule has 0 bridgehead atoms. The number of aryl methyl sites for hydroxylation is 1. The number of nitrogens with zero attached hydrogens (tertiary/aromatic N) is 2. The Balaban J connectivity index is 2.13. The van der Waals surface area contributed by atoms with Crippen LogP contribution in [0.25, 0.3) is 0 Å². The van der Waals surface area contributed by atoms with Crippen molar-refractivity contribution in [3.8, 4) is 0 Å². The first-order valence-electron chi connectivity index (χ1n) is 5.51. The molecular formula is C13H17N3. The van der Waals surface area contributed by atoms with Gasteiger partial charge in [0.15, 0.2) is 0 Å². The number of hydrogen-bond donors (Lipinski definition) is 1. The van der Waals surface area contributed by atoms with Crippen LogP contribution in [-0.4, -0.2) is 16.8 Å². The van der Waals surface area contributed by atoms with Gasteiger partial charge < -0.3 is 5.32 Å². The van der Waals surface area contributed by atoms with Crippen molar-refractivity contribution in [1.29, 1.82) is 0 Å². The van der Waals surface area contributed by atoms with Gasteiger partial charge in [-0.1, -0.05) is 30.3 Å². The number of aromatic nitrogens is 2. The molecule has 0 fully saturated rings. The lowest BCUT2D eigenvalue weighted by molar-refractivity contribution is 0.679. The Morgan fingerprint density at radius 1 is 1.25 bits per heavy atom. The van der Waals surface area contributed by atoms with E-state index in [-0.39, 0.29) is 0 Å². The molecule has 0 aliphatic heterocycles. The fourth-order valence-electron chi connectivity index (χ4n) is 1.77. The van der Waals surface area contributed by atoms with Crippen LogP contribution in [-0.2, 0) is 13.1 Å². The van der Waals surface area contributed by atoms with Gasteiger partial charge in [-0.3, -0.25) is 4.68 Å². The molecule has 1 N–H and O–H groups in total. The van der Waals surface area contributed by atoms with Gasteiger partial charge in [-0.25, -0.2) is 0 Å². The maximum absolute atomic E-state index is 4.50. The van der Waals surface area contributed by atoms with Crippen molar-refractivity contribution >= 4 is 0 Å². The summed E-state index contributed by atoms with van der Waals surface area (Å²) in [7, 11) is 1.95. The van der Waals surface area contributed by atoms with Gasteiger partial charge >= 0.3 is 0 Å². The third-order valence-electron chi connectivity index (χ3n) is 2.60. The average molecular weight is 215 g/mol. The molecule has 2 aromatic rings. The Kier molecular flexibility index (Phi) is 3.37. The highest BCUT2D eigenvalue weighted by Gasteiger charge is 2.03. The zero-order valence-electron chi connectivity index (χ0n) is 9.77. The molecule has 0 amide bonds. The maximum Gasteiger partial charge on any atom is 0.0659 e. The number of nitrogens with one attached hydrogen (secondary N) is 1. The van der Waals surface area contributed by atoms with E-state index in [9.17, 15) is 0 Å². The number of hydrogen-bond acceptors (Lipinski definition) is 2. The summed E-state index contributed by atoms with van der Waals surface area (Å²) in [5, 5.41) is 7.65. The minimum Gasteiger partial charge on any atom is -0.316 e. The fraction of sp³-hybridized carbons (Fsp3) is 0.308. The zero-order chi connectivity index (χ0) is 11.4. The summed E-state index contributed by atoms with van der Waals surface area (Å²) in [6.45, 7) is 3.76. The van der Waals surface area contributed by atoms with Crippen LogP contribution in [0.2, 0.25) is 0 Å². The van der Waals surface area contributed by atoms with Crippen LogP contribution in [0.5, 0.6) is 0 Å². The predicted octanol–water partition coefficient (Wildman–Crippen LogP) is 1.96. The quantitative estimate of drug-likeness (QED) is 0.845. The standard InChI is InChI=1S/C13H17N3/c1-11-13(8-14-2)10-16(15-11)9-12-6-4-3-5-7-12/h3-7,10,14H,8-9H2,1-2H3. The molecule has 3 nitrogen and oxygen atoms in total. The van der Waals surface area contributed by atoms with Gasteiger partial charge in [0.1, 0.15) is 0 Å². The molecule has 1 aromatic carbocycles. The third kappa shape index (κ3) is 2.49. The number of rotatable bonds is 4. The highest BCUT2D eigenvalue weighted by Crippen LogP contribution is 2.07. The van der Waals surface area contributed by atoms with E-state index in [2.05, 4.69) is 40.9 Å². The highest BCUT2D eigenvalue weighted by molar-refractivity contribution is 5.18. The summed E-state index contributed by atoms with van der Waals surface area (Å²) >= 11 is 0. The summed E-state index contributed by atoms with van der Waals surface area (Å²) in [5.74, 6) is 0. The Morgan fingerprint density at radius 2 is 2.00 bits per heavy atom. The lowest BCUT2D eigenvalue weighted by atomic mass is 10.2.